The second kappa shape index (κ2) is 7.32. The van der Waals surface area contributed by atoms with Crippen LogP contribution in [0, 0.1) is 6.92 Å². The van der Waals surface area contributed by atoms with Gasteiger partial charge in [0.2, 0.25) is 5.82 Å². The molecule has 5 rings (SSSR count). The zero-order chi connectivity index (χ0) is 21.8. The predicted molar refractivity (Wildman–Crippen MR) is 116 cm³/mol. The van der Waals surface area contributed by atoms with E-state index in [2.05, 4.69) is 52.2 Å². The summed E-state index contributed by atoms with van der Waals surface area (Å²) in [4.78, 5) is 20.9. The predicted octanol–water partition coefficient (Wildman–Crippen LogP) is 1.38. The zero-order valence-corrected chi connectivity index (χ0v) is 17.8. The van der Waals surface area contributed by atoms with Crippen molar-refractivity contribution in [2.45, 2.75) is 37.9 Å². The van der Waals surface area contributed by atoms with Crippen LogP contribution in [0.3, 0.4) is 0 Å². The molecule has 2 saturated heterocycles. The number of hydrogen-bond acceptors (Lipinski definition) is 6. The Morgan fingerprint density at radius 1 is 1.16 bits per heavy atom. The van der Waals surface area contributed by atoms with Crippen LogP contribution < -0.4 is 4.90 Å². The molecule has 0 aliphatic carbocycles. The van der Waals surface area contributed by atoms with Crippen molar-refractivity contribution in [1.29, 1.82) is 0 Å². The number of benzene rings is 1. The largest absolute Gasteiger partial charge is 0.388 e. The van der Waals surface area contributed by atoms with Crippen molar-refractivity contribution in [2.75, 3.05) is 31.1 Å². The molecule has 0 bridgehead atoms. The van der Waals surface area contributed by atoms with Crippen LogP contribution >= 0.6 is 0 Å². The van der Waals surface area contributed by atoms with Gasteiger partial charge >= 0.3 is 0 Å². The second-order valence-corrected chi connectivity index (χ2v) is 9.03. The standard InChI is InChI=1S/C23H27N5O3/c1-15-10-17(26-9-8-23(2,14-26)16-6-4-3-5-7-16)11-28-21(15)24-20(25-28)22(31)27-12-18(29)19(30)13-27/h3-7,10-11,18-19,29-30H,8-9,12-14H2,1-2H3/t18-,19+,23-/m0/s1. The lowest BCUT2D eigenvalue weighted by Crippen LogP contribution is -2.30. The highest BCUT2D eigenvalue weighted by Crippen LogP contribution is 2.36. The summed E-state index contributed by atoms with van der Waals surface area (Å²) < 4.78 is 1.67. The number of anilines is 1. The summed E-state index contributed by atoms with van der Waals surface area (Å²) in [5.74, 6) is -0.296. The van der Waals surface area contributed by atoms with Gasteiger partial charge in [0, 0.05) is 31.6 Å². The number of fused-ring (bicyclic) bond motifs is 1. The van der Waals surface area contributed by atoms with Crippen LogP contribution in [-0.2, 0) is 5.41 Å². The quantitative estimate of drug-likeness (QED) is 0.664. The number of aromatic nitrogens is 3. The summed E-state index contributed by atoms with van der Waals surface area (Å²) in [6.07, 6.45) is 1.14. The van der Waals surface area contributed by atoms with Crippen molar-refractivity contribution in [2.24, 2.45) is 0 Å². The van der Waals surface area contributed by atoms with E-state index in [4.69, 9.17) is 0 Å². The molecule has 2 aliphatic heterocycles. The molecule has 3 aromatic rings. The third-order valence-electron chi connectivity index (χ3n) is 6.65. The van der Waals surface area contributed by atoms with Gasteiger partial charge in [-0.25, -0.2) is 9.50 Å². The van der Waals surface area contributed by atoms with E-state index in [-0.39, 0.29) is 30.2 Å². The van der Waals surface area contributed by atoms with E-state index in [0.717, 1.165) is 30.8 Å². The number of amides is 1. The third kappa shape index (κ3) is 3.45. The number of β-amino-alcohol motifs (C(OH)–C–C–N with tert-alkyl or cyclic N) is 2. The fraction of sp³-hybridized carbons (Fsp3) is 0.435. The maximum atomic E-state index is 12.8. The Morgan fingerprint density at radius 3 is 2.58 bits per heavy atom. The first kappa shape index (κ1) is 20.0. The summed E-state index contributed by atoms with van der Waals surface area (Å²) in [6.45, 7) is 6.31. The molecule has 4 heterocycles. The number of nitrogens with zero attached hydrogens (tertiary/aromatic N) is 5. The minimum Gasteiger partial charge on any atom is -0.388 e. The Labute approximate surface area is 180 Å². The van der Waals surface area contributed by atoms with Gasteiger partial charge < -0.3 is 20.0 Å². The molecular weight excluding hydrogens is 394 g/mol. The maximum absolute atomic E-state index is 12.8. The van der Waals surface area contributed by atoms with Crippen molar-refractivity contribution in [1.82, 2.24) is 19.5 Å². The highest BCUT2D eigenvalue weighted by Gasteiger charge is 2.36. The van der Waals surface area contributed by atoms with Crippen LogP contribution in [0.25, 0.3) is 5.65 Å². The number of hydrogen-bond donors (Lipinski definition) is 2. The number of aliphatic hydroxyl groups is 2. The Bertz CT molecular complexity index is 1120. The van der Waals surface area contributed by atoms with Gasteiger partial charge in [-0.1, -0.05) is 37.3 Å². The van der Waals surface area contributed by atoms with E-state index in [0.29, 0.717) is 5.65 Å². The van der Waals surface area contributed by atoms with Gasteiger partial charge in [0.05, 0.1) is 24.1 Å². The van der Waals surface area contributed by atoms with Gasteiger partial charge in [-0.15, -0.1) is 5.10 Å². The summed E-state index contributed by atoms with van der Waals surface area (Å²) in [7, 11) is 0. The summed E-state index contributed by atoms with van der Waals surface area (Å²) in [6, 6.07) is 12.7. The first-order valence-corrected chi connectivity index (χ1v) is 10.7. The third-order valence-corrected chi connectivity index (χ3v) is 6.65. The van der Waals surface area contributed by atoms with Crippen molar-refractivity contribution in [3.05, 3.63) is 59.5 Å². The van der Waals surface area contributed by atoms with E-state index in [9.17, 15) is 15.0 Å². The summed E-state index contributed by atoms with van der Waals surface area (Å²) in [5, 5.41) is 23.9. The van der Waals surface area contributed by atoms with Gasteiger partial charge in [0.25, 0.3) is 5.91 Å². The first-order chi connectivity index (χ1) is 14.8. The first-order valence-electron chi connectivity index (χ1n) is 10.7. The van der Waals surface area contributed by atoms with Gasteiger partial charge in [-0.2, -0.15) is 0 Å². The second-order valence-electron chi connectivity index (χ2n) is 9.03. The maximum Gasteiger partial charge on any atom is 0.293 e. The molecule has 3 atom stereocenters. The number of carbonyl (C=O) groups is 1. The molecule has 8 heteroatoms. The van der Waals surface area contributed by atoms with Crippen LogP contribution in [0.15, 0.2) is 42.6 Å². The molecule has 162 valence electrons. The molecule has 1 aromatic carbocycles. The average molecular weight is 422 g/mol. The molecule has 2 fully saturated rings. The number of aryl methyl sites for hydroxylation is 1. The smallest absolute Gasteiger partial charge is 0.293 e. The van der Waals surface area contributed by atoms with Crippen LogP contribution in [-0.4, -0.2) is 74.0 Å². The Balaban J connectivity index is 1.41. The molecule has 0 saturated carbocycles. The number of pyridine rings is 1. The molecule has 1 amide bonds. The molecule has 2 aromatic heterocycles. The van der Waals surface area contributed by atoms with Crippen LogP contribution in [0.4, 0.5) is 5.69 Å². The fourth-order valence-electron chi connectivity index (χ4n) is 4.73. The molecule has 2 aliphatic rings. The molecule has 0 radical (unpaired) electrons. The zero-order valence-electron chi connectivity index (χ0n) is 17.8. The van der Waals surface area contributed by atoms with Crippen molar-refractivity contribution in [3.63, 3.8) is 0 Å². The molecule has 31 heavy (non-hydrogen) atoms. The van der Waals surface area contributed by atoms with E-state index in [1.165, 1.54) is 10.5 Å². The van der Waals surface area contributed by atoms with Gasteiger partial charge in [0.15, 0.2) is 5.65 Å². The monoisotopic (exact) mass is 421 g/mol. The van der Waals surface area contributed by atoms with E-state index < -0.39 is 12.2 Å². The Kier molecular flexibility index (Phi) is 4.71. The van der Waals surface area contributed by atoms with Crippen molar-refractivity contribution in [3.8, 4) is 0 Å². The highest BCUT2D eigenvalue weighted by atomic mass is 16.3. The number of rotatable bonds is 3. The SMILES string of the molecule is Cc1cc(N2CC[C@](C)(c3ccccc3)C2)cn2nc(C(=O)N3C[C@@H](O)[C@@H](O)C3)nc12. The highest BCUT2D eigenvalue weighted by molar-refractivity contribution is 5.91. The Hall–Kier alpha value is -2.97. The van der Waals surface area contributed by atoms with E-state index in [1.807, 2.05) is 19.2 Å². The summed E-state index contributed by atoms with van der Waals surface area (Å²) >= 11 is 0. The normalized spacial score (nSPS) is 26.2. The van der Waals surface area contributed by atoms with Gasteiger partial charge in [0.1, 0.15) is 0 Å². The van der Waals surface area contributed by atoms with Gasteiger partial charge in [-0.05, 0) is 30.5 Å². The van der Waals surface area contributed by atoms with Crippen LogP contribution in [0.2, 0.25) is 0 Å². The molecule has 0 spiro atoms. The lowest BCUT2D eigenvalue weighted by atomic mass is 9.82. The molecule has 8 nitrogen and oxygen atoms in total. The lowest BCUT2D eigenvalue weighted by Gasteiger charge is -2.26. The van der Waals surface area contributed by atoms with Crippen molar-refractivity contribution < 1.29 is 15.0 Å². The lowest BCUT2D eigenvalue weighted by molar-refractivity contribution is 0.0572. The fourth-order valence-corrected chi connectivity index (χ4v) is 4.73. The van der Waals surface area contributed by atoms with Gasteiger partial charge in [-0.3, -0.25) is 4.79 Å². The van der Waals surface area contributed by atoms with Crippen LogP contribution in [0.5, 0.6) is 0 Å². The Morgan fingerprint density at radius 2 is 1.87 bits per heavy atom. The minimum atomic E-state index is -0.927. The number of carbonyl (C=O) groups excluding carboxylic acids is 1. The van der Waals surface area contributed by atoms with Crippen molar-refractivity contribution >= 4 is 17.2 Å². The molecule has 2 N–H and O–H groups in total. The van der Waals surface area contributed by atoms with E-state index in [1.54, 1.807) is 4.52 Å². The minimum absolute atomic E-state index is 0.0806. The summed E-state index contributed by atoms with van der Waals surface area (Å²) in [5.41, 5.74) is 4.07. The molecule has 0 unspecified atom stereocenters. The number of aliphatic hydroxyl groups excluding tert-OH is 2. The molecular formula is C23H27N5O3. The van der Waals surface area contributed by atoms with Crippen LogP contribution in [0.1, 0.15) is 35.1 Å². The topological polar surface area (TPSA) is 94.2 Å². The van der Waals surface area contributed by atoms with E-state index >= 15 is 0 Å². The average Bonchev–Trinajstić information content (AvgIpc) is 3.46. The number of likely N-dealkylation sites (tertiary alicyclic amines) is 1.